The van der Waals surface area contributed by atoms with Gasteiger partial charge in [0.15, 0.2) is 5.58 Å². The van der Waals surface area contributed by atoms with Crippen molar-refractivity contribution in [3.63, 3.8) is 0 Å². The van der Waals surface area contributed by atoms with E-state index in [0.29, 0.717) is 5.52 Å². The number of nitrogen functional groups attached to an aromatic ring is 1. The van der Waals surface area contributed by atoms with Crippen LogP contribution < -0.4 is 10.5 Å². The van der Waals surface area contributed by atoms with Gasteiger partial charge < -0.3 is 14.9 Å². The zero-order chi connectivity index (χ0) is 11.1. The van der Waals surface area contributed by atoms with E-state index in [4.69, 9.17) is 10.2 Å². The maximum absolute atomic E-state index is 11.9. The molecule has 0 spiro atoms. The molecule has 0 aliphatic heterocycles. The minimum atomic E-state index is -4.72. The first-order chi connectivity index (χ1) is 6.94. The summed E-state index contributed by atoms with van der Waals surface area (Å²) in [6.45, 7) is 0. The van der Waals surface area contributed by atoms with Gasteiger partial charge >= 0.3 is 6.36 Å². The molecule has 0 saturated heterocycles. The minimum Gasteiger partial charge on any atom is -0.424 e. The highest BCUT2D eigenvalue weighted by molar-refractivity contribution is 5.75. The maximum atomic E-state index is 11.9. The van der Waals surface area contributed by atoms with Crippen LogP contribution in [0.5, 0.6) is 5.75 Å². The number of oxazole rings is 1. The lowest BCUT2D eigenvalue weighted by molar-refractivity contribution is -0.274. The fourth-order valence-corrected chi connectivity index (χ4v) is 1.12. The van der Waals surface area contributed by atoms with Crippen LogP contribution in [0.15, 0.2) is 22.6 Å². The normalized spacial score (nSPS) is 11.9. The highest BCUT2D eigenvalue weighted by atomic mass is 19.4. The molecule has 0 saturated carbocycles. The number of alkyl halides is 3. The van der Waals surface area contributed by atoms with Gasteiger partial charge in [0.2, 0.25) is 0 Å². The summed E-state index contributed by atoms with van der Waals surface area (Å²) in [5.41, 5.74) is 5.75. The number of rotatable bonds is 1. The Balaban J connectivity index is 2.38. The molecule has 0 unspecified atom stereocenters. The summed E-state index contributed by atoms with van der Waals surface area (Å²) in [6, 6.07) is 3.44. The molecule has 0 fully saturated rings. The molecular weight excluding hydrogens is 213 g/mol. The highest BCUT2D eigenvalue weighted by Gasteiger charge is 2.31. The molecule has 2 N–H and O–H groups in total. The van der Waals surface area contributed by atoms with Gasteiger partial charge in [0.25, 0.3) is 6.01 Å². The second kappa shape index (κ2) is 3.04. The largest absolute Gasteiger partial charge is 0.573 e. The van der Waals surface area contributed by atoms with Crippen LogP contribution >= 0.6 is 0 Å². The van der Waals surface area contributed by atoms with Crippen molar-refractivity contribution in [3.8, 4) is 5.75 Å². The summed E-state index contributed by atoms with van der Waals surface area (Å²) in [5, 5.41) is 0. The lowest BCUT2D eigenvalue weighted by Gasteiger charge is -2.07. The summed E-state index contributed by atoms with van der Waals surface area (Å²) in [4.78, 5) is 3.73. The molecule has 0 atom stereocenters. The molecule has 1 heterocycles. The smallest absolute Gasteiger partial charge is 0.424 e. The van der Waals surface area contributed by atoms with Gasteiger partial charge in [-0.1, -0.05) is 0 Å². The number of hydrogen-bond acceptors (Lipinski definition) is 4. The second-order valence-electron chi connectivity index (χ2n) is 2.73. The number of aromatic nitrogens is 1. The topological polar surface area (TPSA) is 61.3 Å². The lowest BCUT2D eigenvalue weighted by Crippen LogP contribution is -2.16. The van der Waals surface area contributed by atoms with E-state index >= 15 is 0 Å². The van der Waals surface area contributed by atoms with Crippen LogP contribution in [0.25, 0.3) is 11.1 Å². The minimum absolute atomic E-state index is 0.103. The third-order valence-electron chi connectivity index (χ3n) is 1.61. The first-order valence-corrected chi connectivity index (χ1v) is 3.86. The van der Waals surface area contributed by atoms with Gasteiger partial charge in [0.05, 0.1) is 0 Å². The summed E-state index contributed by atoms with van der Waals surface area (Å²) in [6.07, 6.45) is -4.72. The number of hydrogen-bond donors (Lipinski definition) is 1. The van der Waals surface area contributed by atoms with E-state index in [1.165, 1.54) is 6.07 Å². The standard InChI is InChI=1S/C8H5F3N2O2/c9-8(10,11)15-4-1-2-5-6(3-4)14-7(12)13-5/h1-3H,(H2,12,13). The number of anilines is 1. The summed E-state index contributed by atoms with van der Waals surface area (Å²) in [5.74, 6) is -0.369. The van der Waals surface area contributed by atoms with Gasteiger partial charge in [-0.25, -0.2) is 0 Å². The van der Waals surface area contributed by atoms with Crippen molar-refractivity contribution in [2.24, 2.45) is 0 Å². The van der Waals surface area contributed by atoms with E-state index in [9.17, 15) is 13.2 Å². The second-order valence-corrected chi connectivity index (χ2v) is 2.73. The Morgan fingerprint density at radius 1 is 1.33 bits per heavy atom. The van der Waals surface area contributed by atoms with Crippen LogP contribution in [0.1, 0.15) is 0 Å². The number of halogens is 3. The molecule has 7 heteroatoms. The molecule has 0 amide bonds. The molecule has 0 bridgehead atoms. The Bertz CT molecular complexity index is 492. The van der Waals surface area contributed by atoms with Gasteiger partial charge in [-0.2, -0.15) is 4.98 Å². The van der Waals surface area contributed by atoms with Gasteiger partial charge in [0.1, 0.15) is 11.3 Å². The summed E-state index contributed by atoms with van der Waals surface area (Å²) >= 11 is 0. The SMILES string of the molecule is Nc1nc2ccc(OC(F)(F)F)cc2o1. The molecule has 4 nitrogen and oxygen atoms in total. The molecule has 1 aromatic carbocycles. The number of nitrogens with zero attached hydrogens (tertiary/aromatic N) is 1. The van der Waals surface area contributed by atoms with E-state index in [1.54, 1.807) is 0 Å². The van der Waals surface area contributed by atoms with Crippen molar-refractivity contribution >= 4 is 17.1 Å². The Hall–Kier alpha value is -1.92. The molecule has 80 valence electrons. The average Bonchev–Trinajstić information content (AvgIpc) is 2.40. The summed E-state index contributed by atoms with van der Waals surface area (Å²) < 4.78 is 44.1. The van der Waals surface area contributed by atoms with Crippen LogP contribution in [-0.4, -0.2) is 11.3 Å². The Labute approximate surface area is 81.4 Å². The lowest BCUT2D eigenvalue weighted by atomic mass is 10.3. The summed E-state index contributed by atoms with van der Waals surface area (Å²) in [7, 11) is 0. The average molecular weight is 218 g/mol. The Morgan fingerprint density at radius 2 is 2.07 bits per heavy atom. The van der Waals surface area contributed by atoms with Crippen molar-refractivity contribution in [3.05, 3.63) is 18.2 Å². The first-order valence-electron chi connectivity index (χ1n) is 3.86. The maximum Gasteiger partial charge on any atom is 0.573 e. The third-order valence-corrected chi connectivity index (χ3v) is 1.61. The molecule has 15 heavy (non-hydrogen) atoms. The third kappa shape index (κ3) is 2.12. The van der Waals surface area contributed by atoms with Gasteiger partial charge in [0, 0.05) is 6.07 Å². The van der Waals surface area contributed by atoms with Crippen molar-refractivity contribution in [1.29, 1.82) is 0 Å². The molecular formula is C8H5F3N2O2. The van der Waals surface area contributed by atoms with Crippen LogP contribution in [0.4, 0.5) is 19.2 Å². The molecule has 0 aliphatic carbocycles. The van der Waals surface area contributed by atoms with Crippen LogP contribution in [0.3, 0.4) is 0 Å². The van der Waals surface area contributed by atoms with E-state index in [0.717, 1.165) is 12.1 Å². The number of ether oxygens (including phenoxy) is 1. The van der Waals surface area contributed by atoms with E-state index < -0.39 is 6.36 Å². The predicted molar refractivity (Wildman–Crippen MR) is 45.1 cm³/mol. The van der Waals surface area contributed by atoms with Gasteiger partial charge in [-0.15, -0.1) is 13.2 Å². The van der Waals surface area contributed by atoms with Crippen LogP contribution in [0, 0.1) is 0 Å². The quantitative estimate of drug-likeness (QED) is 0.797. The first kappa shape index (κ1) is 9.63. The van der Waals surface area contributed by atoms with E-state index in [1.807, 2.05) is 0 Å². The molecule has 0 aliphatic rings. The van der Waals surface area contributed by atoms with Crippen LogP contribution in [-0.2, 0) is 0 Å². The molecule has 1 aromatic heterocycles. The Kier molecular flexibility index (Phi) is 1.95. The predicted octanol–water partition coefficient (Wildman–Crippen LogP) is 2.31. The zero-order valence-corrected chi connectivity index (χ0v) is 7.21. The van der Waals surface area contributed by atoms with Crippen molar-refractivity contribution in [2.75, 3.05) is 5.73 Å². The van der Waals surface area contributed by atoms with E-state index in [2.05, 4.69) is 9.72 Å². The highest BCUT2D eigenvalue weighted by Crippen LogP contribution is 2.27. The molecule has 0 radical (unpaired) electrons. The molecule has 2 rings (SSSR count). The fraction of sp³-hybridized carbons (Fsp3) is 0.125. The number of benzene rings is 1. The molecule has 2 aromatic rings. The van der Waals surface area contributed by atoms with Gasteiger partial charge in [-0.05, 0) is 12.1 Å². The Morgan fingerprint density at radius 3 is 2.73 bits per heavy atom. The van der Waals surface area contributed by atoms with Gasteiger partial charge in [-0.3, -0.25) is 0 Å². The van der Waals surface area contributed by atoms with E-state index in [-0.39, 0.29) is 17.3 Å². The monoisotopic (exact) mass is 218 g/mol. The number of nitrogens with two attached hydrogens (primary N) is 1. The fourth-order valence-electron chi connectivity index (χ4n) is 1.12. The van der Waals surface area contributed by atoms with Crippen LogP contribution in [0.2, 0.25) is 0 Å². The zero-order valence-electron chi connectivity index (χ0n) is 7.21. The van der Waals surface area contributed by atoms with Crippen molar-refractivity contribution < 1.29 is 22.3 Å². The van der Waals surface area contributed by atoms with Crippen molar-refractivity contribution in [2.45, 2.75) is 6.36 Å². The van der Waals surface area contributed by atoms with Crippen molar-refractivity contribution in [1.82, 2.24) is 4.98 Å². The number of fused-ring (bicyclic) bond motifs is 1.